The van der Waals surface area contributed by atoms with E-state index >= 15 is 0 Å². The lowest BCUT2D eigenvalue weighted by Crippen LogP contribution is -2.33. The third kappa shape index (κ3) is 3.59. The van der Waals surface area contributed by atoms with E-state index in [0.717, 1.165) is 17.0 Å². The van der Waals surface area contributed by atoms with E-state index in [9.17, 15) is 10.2 Å². The molecule has 0 aliphatic heterocycles. The molecule has 28 heavy (non-hydrogen) atoms. The fourth-order valence-corrected chi connectivity index (χ4v) is 4.13. The van der Waals surface area contributed by atoms with Crippen LogP contribution in [0.2, 0.25) is 0 Å². The van der Waals surface area contributed by atoms with Gasteiger partial charge in [0.25, 0.3) is 0 Å². The molecule has 148 valence electrons. The number of rotatable bonds is 3. The smallest absolute Gasteiger partial charge is 0.109 e. The van der Waals surface area contributed by atoms with Crippen LogP contribution in [0.3, 0.4) is 0 Å². The molecule has 4 rings (SSSR count). The van der Waals surface area contributed by atoms with Crippen molar-refractivity contribution < 1.29 is 10.2 Å². The molecule has 4 heteroatoms. The Morgan fingerprint density at radius 2 is 1.75 bits per heavy atom. The van der Waals surface area contributed by atoms with Crippen LogP contribution in [-0.4, -0.2) is 26.1 Å². The van der Waals surface area contributed by atoms with Crippen molar-refractivity contribution >= 4 is 5.57 Å². The van der Waals surface area contributed by atoms with Crippen molar-refractivity contribution in [3.8, 4) is 5.69 Å². The van der Waals surface area contributed by atoms with E-state index in [0.29, 0.717) is 43.2 Å². The van der Waals surface area contributed by atoms with Crippen molar-refractivity contribution in [2.24, 2.45) is 11.8 Å². The molecule has 0 spiro atoms. The zero-order chi connectivity index (χ0) is 19.9. The van der Waals surface area contributed by atoms with Crippen molar-refractivity contribution in [2.75, 3.05) is 0 Å². The summed E-state index contributed by atoms with van der Waals surface area (Å²) in [6.45, 7) is 6.54. The standard InChI is InChI=1S/C24H30N2O2/c1-16-4-8-20(9-5-16)26-22(19-7-6-17(2)18(3)14-19)15-23(25-26)24(28)12-10-21(27)11-13-24/h4-9,14-15,17-18,21,27-28H,10-13H2,1-3H3. The average molecular weight is 379 g/mol. The molecule has 1 aromatic heterocycles. The summed E-state index contributed by atoms with van der Waals surface area (Å²) in [6, 6.07) is 10.4. The van der Waals surface area contributed by atoms with Gasteiger partial charge in [-0.05, 0) is 68.2 Å². The Balaban J connectivity index is 1.80. The van der Waals surface area contributed by atoms with E-state index in [2.05, 4.69) is 63.3 Å². The summed E-state index contributed by atoms with van der Waals surface area (Å²) in [6.07, 6.45) is 8.71. The van der Waals surface area contributed by atoms with Gasteiger partial charge in [-0.3, -0.25) is 0 Å². The molecule has 1 saturated carbocycles. The highest BCUT2D eigenvalue weighted by Crippen LogP contribution is 2.39. The predicted molar refractivity (Wildman–Crippen MR) is 112 cm³/mol. The maximum absolute atomic E-state index is 11.3. The lowest BCUT2D eigenvalue weighted by molar-refractivity contribution is -0.0393. The zero-order valence-corrected chi connectivity index (χ0v) is 17.0. The van der Waals surface area contributed by atoms with Gasteiger partial charge in [-0.25, -0.2) is 4.68 Å². The fourth-order valence-electron chi connectivity index (χ4n) is 4.13. The van der Waals surface area contributed by atoms with Gasteiger partial charge in [0.05, 0.1) is 23.2 Å². The zero-order valence-electron chi connectivity index (χ0n) is 17.0. The van der Waals surface area contributed by atoms with Gasteiger partial charge in [0.2, 0.25) is 0 Å². The highest BCUT2D eigenvalue weighted by molar-refractivity contribution is 5.74. The van der Waals surface area contributed by atoms with E-state index in [1.54, 1.807) is 0 Å². The Bertz CT molecular complexity index is 899. The SMILES string of the molecule is Cc1ccc(-n2nc(C3(O)CCC(O)CC3)cc2C2=CC(C)C(C)C=C2)cc1. The third-order valence-corrected chi connectivity index (χ3v) is 6.39. The Morgan fingerprint density at radius 1 is 1.07 bits per heavy atom. The molecule has 0 amide bonds. The quantitative estimate of drug-likeness (QED) is 0.825. The van der Waals surface area contributed by atoms with Crippen LogP contribution >= 0.6 is 0 Å². The summed E-state index contributed by atoms with van der Waals surface area (Å²) in [4.78, 5) is 0. The molecule has 0 saturated heterocycles. The predicted octanol–water partition coefficient (Wildman–Crippen LogP) is 4.53. The maximum Gasteiger partial charge on any atom is 0.109 e. The first-order valence-electron chi connectivity index (χ1n) is 10.3. The van der Waals surface area contributed by atoms with Crippen molar-refractivity contribution in [3.05, 3.63) is 65.5 Å². The molecule has 0 bridgehead atoms. The van der Waals surface area contributed by atoms with E-state index < -0.39 is 5.60 Å². The number of allylic oxidation sites excluding steroid dienone is 4. The van der Waals surface area contributed by atoms with Gasteiger partial charge >= 0.3 is 0 Å². The van der Waals surface area contributed by atoms with Gasteiger partial charge in [-0.1, -0.05) is 49.8 Å². The Labute approximate surface area is 167 Å². The largest absolute Gasteiger partial charge is 0.393 e. The van der Waals surface area contributed by atoms with E-state index in [-0.39, 0.29) is 6.10 Å². The minimum absolute atomic E-state index is 0.315. The Hall–Kier alpha value is -2.17. The number of hydrogen-bond donors (Lipinski definition) is 2. The molecule has 2 unspecified atom stereocenters. The van der Waals surface area contributed by atoms with Crippen molar-refractivity contribution in [2.45, 2.75) is 58.2 Å². The summed E-state index contributed by atoms with van der Waals surface area (Å²) in [5.41, 5.74) is 4.08. The minimum Gasteiger partial charge on any atom is -0.393 e. The number of aliphatic hydroxyl groups excluding tert-OH is 1. The van der Waals surface area contributed by atoms with E-state index in [1.165, 1.54) is 5.56 Å². The van der Waals surface area contributed by atoms with Crippen molar-refractivity contribution in [1.29, 1.82) is 0 Å². The van der Waals surface area contributed by atoms with E-state index in [1.807, 2.05) is 10.7 Å². The molecule has 2 aromatic rings. The summed E-state index contributed by atoms with van der Waals surface area (Å²) in [5, 5.41) is 26.0. The summed E-state index contributed by atoms with van der Waals surface area (Å²) >= 11 is 0. The molecule has 2 aliphatic carbocycles. The summed E-state index contributed by atoms with van der Waals surface area (Å²) in [5.74, 6) is 0.973. The maximum atomic E-state index is 11.3. The minimum atomic E-state index is -0.970. The lowest BCUT2D eigenvalue weighted by atomic mass is 9.81. The highest BCUT2D eigenvalue weighted by atomic mass is 16.3. The fraction of sp³-hybridized carbons (Fsp3) is 0.458. The van der Waals surface area contributed by atoms with Gasteiger partial charge in [0.15, 0.2) is 0 Å². The second-order valence-electron chi connectivity index (χ2n) is 8.62. The van der Waals surface area contributed by atoms with Crippen LogP contribution in [0.4, 0.5) is 0 Å². The van der Waals surface area contributed by atoms with Crippen LogP contribution in [0.25, 0.3) is 11.3 Å². The van der Waals surface area contributed by atoms with Crippen LogP contribution in [0.5, 0.6) is 0 Å². The number of nitrogens with zero attached hydrogens (tertiary/aromatic N) is 2. The van der Waals surface area contributed by atoms with Gasteiger partial charge < -0.3 is 10.2 Å². The molecule has 2 N–H and O–H groups in total. The first-order chi connectivity index (χ1) is 13.4. The molecule has 4 nitrogen and oxygen atoms in total. The van der Waals surface area contributed by atoms with Crippen LogP contribution in [0, 0.1) is 18.8 Å². The third-order valence-electron chi connectivity index (χ3n) is 6.39. The number of aryl methyl sites for hydroxylation is 1. The molecule has 1 heterocycles. The first kappa shape index (κ1) is 19.2. The summed E-state index contributed by atoms with van der Waals surface area (Å²) in [7, 11) is 0. The number of hydrogen-bond acceptors (Lipinski definition) is 3. The summed E-state index contributed by atoms with van der Waals surface area (Å²) < 4.78 is 1.96. The molecule has 2 aliphatic rings. The van der Waals surface area contributed by atoms with Gasteiger partial charge in [-0.2, -0.15) is 5.10 Å². The van der Waals surface area contributed by atoms with Crippen LogP contribution in [-0.2, 0) is 5.60 Å². The lowest BCUT2D eigenvalue weighted by Gasteiger charge is -2.32. The number of benzene rings is 1. The first-order valence-corrected chi connectivity index (χ1v) is 10.3. The van der Waals surface area contributed by atoms with Crippen LogP contribution in [0.1, 0.15) is 56.5 Å². The monoisotopic (exact) mass is 378 g/mol. The van der Waals surface area contributed by atoms with Crippen LogP contribution < -0.4 is 0 Å². The van der Waals surface area contributed by atoms with Gasteiger partial charge in [0, 0.05) is 0 Å². The molecule has 1 fully saturated rings. The van der Waals surface area contributed by atoms with Gasteiger partial charge in [-0.15, -0.1) is 0 Å². The molecular formula is C24H30N2O2. The normalized spacial score (nSPS) is 30.3. The molecule has 2 atom stereocenters. The topological polar surface area (TPSA) is 58.3 Å². The Kier molecular flexibility index (Phi) is 5.02. The van der Waals surface area contributed by atoms with Gasteiger partial charge in [0.1, 0.15) is 5.60 Å². The Morgan fingerprint density at radius 3 is 2.39 bits per heavy atom. The molecule has 0 radical (unpaired) electrons. The molecule has 1 aromatic carbocycles. The molecular weight excluding hydrogens is 348 g/mol. The van der Waals surface area contributed by atoms with Crippen LogP contribution in [0.15, 0.2) is 48.6 Å². The number of aliphatic hydroxyl groups is 2. The van der Waals surface area contributed by atoms with Crippen molar-refractivity contribution in [1.82, 2.24) is 9.78 Å². The second-order valence-corrected chi connectivity index (χ2v) is 8.62. The van der Waals surface area contributed by atoms with E-state index in [4.69, 9.17) is 5.10 Å². The van der Waals surface area contributed by atoms with Crippen molar-refractivity contribution in [3.63, 3.8) is 0 Å². The highest BCUT2D eigenvalue weighted by Gasteiger charge is 2.37. The number of aromatic nitrogens is 2. The average Bonchev–Trinajstić information content (AvgIpc) is 3.13. The second kappa shape index (κ2) is 7.34.